The first kappa shape index (κ1) is 31.9. The van der Waals surface area contributed by atoms with Crippen molar-refractivity contribution in [3.8, 4) is 0 Å². The number of amides is 3. The molecular formula is C28H45N3O6. The van der Waals surface area contributed by atoms with E-state index < -0.39 is 35.7 Å². The highest BCUT2D eigenvalue weighted by Crippen LogP contribution is 2.28. The van der Waals surface area contributed by atoms with E-state index in [0.29, 0.717) is 18.5 Å². The first-order valence-electron chi connectivity index (χ1n) is 13.0. The third-order valence-electron chi connectivity index (χ3n) is 5.58. The van der Waals surface area contributed by atoms with E-state index in [2.05, 4.69) is 10.6 Å². The van der Waals surface area contributed by atoms with Crippen LogP contribution in [-0.4, -0.2) is 60.1 Å². The van der Waals surface area contributed by atoms with Gasteiger partial charge in [0.2, 0.25) is 11.8 Å². The number of benzene rings is 1. The summed E-state index contributed by atoms with van der Waals surface area (Å²) >= 11 is 0. The number of alkyl carbamates (subject to hydrolysis) is 1. The van der Waals surface area contributed by atoms with Gasteiger partial charge in [0, 0.05) is 13.1 Å². The highest BCUT2D eigenvalue weighted by Gasteiger charge is 2.37. The molecule has 0 bridgehead atoms. The average molecular weight is 520 g/mol. The van der Waals surface area contributed by atoms with Crippen molar-refractivity contribution in [1.82, 2.24) is 15.5 Å². The first-order valence-corrected chi connectivity index (χ1v) is 13.0. The van der Waals surface area contributed by atoms with Crippen molar-refractivity contribution in [2.75, 3.05) is 19.7 Å². The Hall–Kier alpha value is -3.10. The number of aryl methyl sites for hydroxylation is 2. The molecule has 37 heavy (non-hydrogen) atoms. The predicted octanol–water partition coefficient (Wildman–Crippen LogP) is 4.20. The lowest BCUT2D eigenvalue weighted by Crippen LogP contribution is -2.55. The Bertz CT molecular complexity index is 938. The maximum atomic E-state index is 14.0. The Balaban J connectivity index is 3.40. The van der Waals surface area contributed by atoms with Crippen molar-refractivity contribution in [2.24, 2.45) is 5.92 Å². The molecule has 2 unspecified atom stereocenters. The van der Waals surface area contributed by atoms with E-state index in [-0.39, 0.29) is 31.4 Å². The quantitative estimate of drug-likeness (QED) is 0.400. The van der Waals surface area contributed by atoms with Gasteiger partial charge in [0.1, 0.15) is 17.7 Å². The molecule has 9 nitrogen and oxygen atoms in total. The highest BCUT2D eigenvalue weighted by molar-refractivity contribution is 5.92. The van der Waals surface area contributed by atoms with Gasteiger partial charge in [-0.3, -0.25) is 14.4 Å². The van der Waals surface area contributed by atoms with Crippen LogP contribution in [0.3, 0.4) is 0 Å². The third-order valence-corrected chi connectivity index (χ3v) is 5.58. The molecule has 0 aliphatic rings. The minimum atomic E-state index is -0.948. The molecule has 2 N–H and O–H groups in total. The Kier molecular flexibility index (Phi) is 12.6. The molecule has 3 amide bonds. The summed E-state index contributed by atoms with van der Waals surface area (Å²) in [6, 6.07) is 3.91. The van der Waals surface area contributed by atoms with Gasteiger partial charge < -0.3 is 25.0 Å². The van der Waals surface area contributed by atoms with Crippen LogP contribution in [-0.2, 0) is 23.9 Å². The number of carbonyl (C=O) groups is 4. The third kappa shape index (κ3) is 10.4. The zero-order chi connectivity index (χ0) is 28.3. The van der Waals surface area contributed by atoms with Gasteiger partial charge in [0.25, 0.3) is 0 Å². The number of esters is 1. The van der Waals surface area contributed by atoms with Gasteiger partial charge in [-0.25, -0.2) is 4.79 Å². The smallest absolute Gasteiger partial charge is 0.408 e. The number of hydrogen-bond donors (Lipinski definition) is 2. The summed E-state index contributed by atoms with van der Waals surface area (Å²) in [6.07, 6.45) is -0.0750. The Morgan fingerprint density at radius 1 is 1.05 bits per heavy atom. The summed E-state index contributed by atoms with van der Waals surface area (Å²) in [5.74, 6) is -1.45. The summed E-state index contributed by atoms with van der Waals surface area (Å²) in [6.45, 7) is 17.0. The molecule has 0 radical (unpaired) electrons. The van der Waals surface area contributed by atoms with Crippen LogP contribution in [0.1, 0.15) is 84.0 Å². The molecule has 0 fully saturated rings. The lowest BCUT2D eigenvalue weighted by Gasteiger charge is -2.36. The van der Waals surface area contributed by atoms with E-state index in [9.17, 15) is 19.2 Å². The fourth-order valence-electron chi connectivity index (χ4n) is 3.86. The first-order chi connectivity index (χ1) is 17.2. The number of hydrogen-bond acceptors (Lipinski definition) is 6. The molecule has 0 saturated heterocycles. The fourth-order valence-corrected chi connectivity index (χ4v) is 3.86. The van der Waals surface area contributed by atoms with Gasteiger partial charge >= 0.3 is 12.1 Å². The summed E-state index contributed by atoms with van der Waals surface area (Å²) in [5, 5.41) is 5.52. The molecule has 0 aromatic heterocycles. The van der Waals surface area contributed by atoms with Gasteiger partial charge in [-0.05, 0) is 65.0 Å². The van der Waals surface area contributed by atoms with E-state index in [1.54, 1.807) is 27.7 Å². The molecule has 2 atom stereocenters. The zero-order valence-corrected chi connectivity index (χ0v) is 23.9. The predicted molar refractivity (Wildman–Crippen MR) is 143 cm³/mol. The van der Waals surface area contributed by atoms with Gasteiger partial charge in [-0.1, -0.05) is 44.5 Å². The minimum Gasteiger partial charge on any atom is -0.466 e. The van der Waals surface area contributed by atoms with Gasteiger partial charge in [-0.15, -0.1) is 0 Å². The van der Waals surface area contributed by atoms with Crippen molar-refractivity contribution in [2.45, 2.75) is 92.8 Å². The van der Waals surface area contributed by atoms with Crippen LogP contribution in [0, 0.1) is 19.8 Å². The summed E-state index contributed by atoms with van der Waals surface area (Å²) in [5.41, 5.74) is 1.76. The lowest BCUT2D eigenvalue weighted by atomic mass is 9.94. The van der Waals surface area contributed by atoms with Crippen LogP contribution in [0.2, 0.25) is 0 Å². The van der Waals surface area contributed by atoms with Crippen molar-refractivity contribution in [1.29, 1.82) is 0 Å². The maximum absolute atomic E-state index is 14.0. The molecule has 1 aromatic carbocycles. The molecule has 0 saturated carbocycles. The zero-order valence-electron chi connectivity index (χ0n) is 23.9. The molecule has 1 rings (SSSR count). The minimum absolute atomic E-state index is 0.0235. The molecule has 0 aliphatic carbocycles. The standard InChI is InChI=1S/C28H45N3O6/c1-10-16-31(26(34)23(18(3)4)30-27(35)37-28(7,8)9)24(21-17-19(5)12-13-20(21)6)25(33)29-15-14-22(32)36-11-2/h12-13,17-18,23-24H,10-11,14-16H2,1-9H3,(H,29,33)(H,30,35). The highest BCUT2D eigenvalue weighted by atomic mass is 16.6. The van der Waals surface area contributed by atoms with Crippen molar-refractivity contribution >= 4 is 23.9 Å². The Labute approximate surface area is 221 Å². The van der Waals surface area contributed by atoms with Gasteiger partial charge in [0.15, 0.2) is 0 Å². The van der Waals surface area contributed by atoms with Crippen LogP contribution in [0.4, 0.5) is 4.79 Å². The SMILES string of the molecule is CCCN(C(=O)C(NC(=O)OC(C)(C)C)C(C)C)C(C(=O)NCCC(=O)OCC)c1cc(C)ccc1C. The van der Waals surface area contributed by atoms with Crippen LogP contribution in [0.25, 0.3) is 0 Å². The van der Waals surface area contributed by atoms with Crippen molar-refractivity contribution in [3.05, 3.63) is 34.9 Å². The maximum Gasteiger partial charge on any atom is 0.408 e. The number of nitrogens with zero attached hydrogens (tertiary/aromatic N) is 1. The Morgan fingerprint density at radius 2 is 1.70 bits per heavy atom. The van der Waals surface area contributed by atoms with Gasteiger partial charge in [0.05, 0.1) is 13.0 Å². The normalized spacial score (nSPS) is 12.9. The van der Waals surface area contributed by atoms with Gasteiger partial charge in [-0.2, -0.15) is 0 Å². The molecular weight excluding hydrogens is 474 g/mol. The summed E-state index contributed by atoms with van der Waals surface area (Å²) < 4.78 is 10.3. The second-order valence-electron chi connectivity index (χ2n) is 10.5. The van der Waals surface area contributed by atoms with E-state index in [4.69, 9.17) is 9.47 Å². The molecule has 208 valence electrons. The van der Waals surface area contributed by atoms with E-state index in [0.717, 1.165) is 11.1 Å². The molecule has 9 heteroatoms. The second-order valence-corrected chi connectivity index (χ2v) is 10.5. The van der Waals surface area contributed by atoms with Crippen LogP contribution < -0.4 is 10.6 Å². The molecule has 0 heterocycles. The number of rotatable bonds is 12. The molecule has 0 spiro atoms. The number of ether oxygens (including phenoxy) is 2. The largest absolute Gasteiger partial charge is 0.466 e. The van der Waals surface area contributed by atoms with Crippen LogP contribution in [0.5, 0.6) is 0 Å². The fraction of sp³-hybridized carbons (Fsp3) is 0.643. The average Bonchev–Trinajstić information content (AvgIpc) is 2.77. The molecule has 1 aromatic rings. The van der Waals surface area contributed by atoms with Crippen molar-refractivity contribution in [3.63, 3.8) is 0 Å². The summed E-state index contributed by atoms with van der Waals surface area (Å²) in [4.78, 5) is 53.4. The van der Waals surface area contributed by atoms with E-state index >= 15 is 0 Å². The molecule has 0 aliphatic heterocycles. The second kappa shape index (κ2) is 14.6. The Morgan fingerprint density at radius 3 is 2.24 bits per heavy atom. The van der Waals surface area contributed by atoms with Crippen LogP contribution in [0.15, 0.2) is 18.2 Å². The number of carbonyl (C=O) groups excluding carboxylic acids is 4. The topological polar surface area (TPSA) is 114 Å². The monoisotopic (exact) mass is 519 g/mol. The van der Waals surface area contributed by atoms with Crippen LogP contribution >= 0.6 is 0 Å². The van der Waals surface area contributed by atoms with E-state index in [1.807, 2.05) is 52.8 Å². The lowest BCUT2D eigenvalue weighted by molar-refractivity contribution is -0.144. The van der Waals surface area contributed by atoms with Crippen molar-refractivity contribution < 1.29 is 28.7 Å². The number of nitrogens with one attached hydrogen (secondary N) is 2. The van der Waals surface area contributed by atoms with E-state index in [1.165, 1.54) is 4.90 Å². The summed E-state index contributed by atoms with van der Waals surface area (Å²) in [7, 11) is 0.